The summed E-state index contributed by atoms with van der Waals surface area (Å²) in [5.74, 6) is -0.490. The van der Waals surface area contributed by atoms with Gasteiger partial charge in [-0.1, -0.05) is 5.11 Å². The lowest BCUT2D eigenvalue weighted by Gasteiger charge is -2.01. The quantitative estimate of drug-likeness (QED) is 0.267. The van der Waals surface area contributed by atoms with Gasteiger partial charge in [0.2, 0.25) is 0 Å². The second kappa shape index (κ2) is 4.55. The highest BCUT2D eigenvalue weighted by Gasteiger charge is 2.06. The van der Waals surface area contributed by atoms with E-state index in [9.17, 15) is 4.79 Å². The van der Waals surface area contributed by atoms with E-state index < -0.39 is 5.97 Å². The molecule has 1 rings (SSSR count). The van der Waals surface area contributed by atoms with Crippen molar-refractivity contribution in [1.82, 2.24) is 0 Å². The number of carbonyl (C=O) groups is 1. The lowest BCUT2D eigenvalue weighted by molar-refractivity contribution is 0.0600. The first-order valence-electron chi connectivity index (χ1n) is 3.65. The van der Waals surface area contributed by atoms with Gasteiger partial charge in [-0.05, 0) is 23.7 Å². The van der Waals surface area contributed by atoms with Crippen LogP contribution in [0.5, 0.6) is 0 Å². The lowest BCUT2D eigenvalue weighted by atomic mass is 10.2. The van der Waals surface area contributed by atoms with Gasteiger partial charge in [0.25, 0.3) is 0 Å². The number of esters is 1. The number of rotatable bonds is 2. The summed E-state index contributed by atoms with van der Waals surface area (Å²) in [6, 6.07) is 4.52. The molecule has 0 aliphatic carbocycles. The predicted molar refractivity (Wildman–Crippen MR) is 53.8 cm³/mol. The molecule has 0 fully saturated rings. The second-order valence-electron chi connectivity index (χ2n) is 2.42. The van der Waals surface area contributed by atoms with Crippen LogP contribution in [0.1, 0.15) is 10.4 Å². The summed E-state index contributed by atoms with van der Waals surface area (Å²) in [7, 11) is 1.28. The zero-order valence-electron chi connectivity index (χ0n) is 7.34. The van der Waals surface area contributed by atoms with Gasteiger partial charge in [-0.2, -0.15) is 0 Å². The summed E-state index contributed by atoms with van der Waals surface area (Å²) < 4.78 is 4.52. The summed E-state index contributed by atoms with van der Waals surface area (Å²) in [6.07, 6.45) is 0. The van der Waals surface area contributed by atoms with Gasteiger partial charge < -0.3 is 4.74 Å². The van der Waals surface area contributed by atoms with E-state index in [4.69, 9.17) is 5.53 Å². The standard InChI is InChI=1S/C8H7N3O2S/c1-13-8(12)5-2-6(10-11-9)4-7(14)3-5/h2-4,14H,1H3. The molecule has 0 spiro atoms. The third kappa shape index (κ3) is 2.42. The molecule has 0 aliphatic rings. The van der Waals surface area contributed by atoms with Crippen molar-refractivity contribution in [1.29, 1.82) is 0 Å². The summed E-state index contributed by atoms with van der Waals surface area (Å²) in [5, 5.41) is 3.37. The fourth-order valence-electron chi connectivity index (χ4n) is 0.940. The van der Waals surface area contributed by atoms with E-state index >= 15 is 0 Å². The summed E-state index contributed by atoms with van der Waals surface area (Å²) in [6.45, 7) is 0. The molecule has 5 nitrogen and oxygen atoms in total. The van der Waals surface area contributed by atoms with Crippen molar-refractivity contribution in [3.8, 4) is 0 Å². The fraction of sp³-hybridized carbons (Fsp3) is 0.125. The number of carbonyl (C=O) groups excluding carboxylic acids is 1. The smallest absolute Gasteiger partial charge is 0.337 e. The van der Waals surface area contributed by atoms with Crippen LogP contribution in [0.2, 0.25) is 0 Å². The summed E-state index contributed by atoms with van der Waals surface area (Å²) in [5.41, 5.74) is 8.86. The molecule has 0 bridgehead atoms. The number of hydrogen-bond acceptors (Lipinski definition) is 4. The molecule has 0 unspecified atom stereocenters. The Kier molecular flexibility index (Phi) is 3.39. The lowest BCUT2D eigenvalue weighted by Crippen LogP contribution is -2.00. The molecule has 0 saturated heterocycles. The number of azide groups is 1. The molecule has 0 aliphatic heterocycles. The Morgan fingerprint density at radius 2 is 2.29 bits per heavy atom. The van der Waals surface area contributed by atoms with Gasteiger partial charge >= 0.3 is 5.97 Å². The maximum Gasteiger partial charge on any atom is 0.337 e. The first-order chi connectivity index (χ1) is 6.67. The van der Waals surface area contributed by atoms with Crippen LogP contribution < -0.4 is 0 Å². The van der Waals surface area contributed by atoms with Gasteiger partial charge in [0.05, 0.1) is 12.7 Å². The molecule has 0 amide bonds. The normalized spacial score (nSPS) is 9.00. The summed E-state index contributed by atoms with van der Waals surface area (Å²) in [4.78, 5) is 14.3. The van der Waals surface area contributed by atoms with Crippen molar-refractivity contribution in [2.24, 2.45) is 5.11 Å². The maximum absolute atomic E-state index is 11.1. The molecule has 0 radical (unpaired) electrons. The number of hydrogen-bond donors (Lipinski definition) is 1. The molecule has 0 heterocycles. The highest BCUT2D eigenvalue weighted by molar-refractivity contribution is 7.80. The first-order valence-corrected chi connectivity index (χ1v) is 4.09. The highest BCUT2D eigenvalue weighted by atomic mass is 32.1. The van der Waals surface area contributed by atoms with E-state index in [1.165, 1.54) is 19.2 Å². The molecule has 1 aromatic rings. The summed E-state index contributed by atoms with van der Waals surface area (Å²) >= 11 is 4.06. The van der Waals surface area contributed by atoms with Crippen LogP contribution in [0, 0.1) is 0 Å². The molecule has 0 aromatic heterocycles. The number of benzene rings is 1. The minimum atomic E-state index is -0.490. The van der Waals surface area contributed by atoms with Crippen LogP contribution >= 0.6 is 12.6 Å². The van der Waals surface area contributed by atoms with Crippen molar-refractivity contribution >= 4 is 24.3 Å². The Hall–Kier alpha value is -1.65. The van der Waals surface area contributed by atoms with Gasteiger partial charge in [-0.15, -0.1) is 12.6 Å². The Morgan fingerprint density at radius 1 is 1.57 bits per heavy atom. The van der Waals surface area contributed by atoms with Crippen molar-refractivity contribution in [3.05, 3.63) is 34.2 Å². The molecule has 72 valence electrons. The van der Waals surface area contributed by atoms with Crippen molar-refractivity contribution < 1.29 is 9.53 Å². The highest BCUT2D eigenvalue weighted by Crippen LogP contribution is 2.20. The van der Waals surface area contributed by atoms with E-state index in [0.29, 0.717) is 16.1 Å². The molecule has 0 saturated carbocycles. The average Bonchev–Trinajstić information content (AvgIpc) is 2.16. The first kappa shape index (κ1) is 10.4. The van der Waals surface area contributed by atoms with Crippen LogP contribution in [0.3, 0.4) is 0 Å². The number of thiol groups is 1. The Balaban J connectivity index is 3.19. The van der Waals surface area contributed by atoms with Gasteiger partial charge in [-0.25, -0.2) is 4.79 Å². The minimum Gasteiger partial charge on any atom is -0.465 e. The number of ether oxygens (including phenoxy) is 1. The van der Waals surface area contributed by atoms with E-state index in [0.717, 1.165) is 0 Å². The van der Waals surface area contributed by atoms with Gasteiger partial charge in [-0.3, -0.25) is 0 Å². The zero-order chi connectivity index (χ0) is 10.6. The third-order valence-corrected chi connectivity index (χ3v) is 1.74. The Morgan fingerprint density at radius 3 is 2.86 bits per heavy atom. The van der Waals surface area contributed by atoms with E-state index in [1.807, 2.05) is 0 Å². The van der Waals surface area contributed by atoms with E-state index in [-0.39, 0.29) is 0 Å². The molecule has 14 heavy (non-hydrogen) atoms. The number of methoxy groups -OCH3 is 1. The largest absolute Gasteiger partial charge is 0.465 e. The van der Waals surface area contributed by atoms with Gasteiger partial charge in [0, 0.05) is 15.5 Å². The average molecular weight is 209 g/mol. The molecule has 6 heteroatoms. The van der Waals surface area contributed by atoms with E-state index in [2.05, 4.69) is 27.4 Å². The minimum absolute atomic E-state index is 0.308. The molecular weight excluding hydrogens is 202 g/mol. The van der Waals surface area contributed by atoms with Crippen LogP contribution in [0.15, 0.2) is 28.2 Å². The number of nitrogens with zero attached hydrogens (tertiary/aromatic N) is 3. The maximum atomic E-state index is 11.1. The monoisotopic (exact) mass is 209 g/mol. The van der Waals surface area contributed by atoms with Crippen LogP contribution in [-0.2, 0) is 4.74 Å². The molecule has 0 N–H and O–H groups in total. The van der Waals surface area contributed by atoms with Crippen molar-refractivity contribution in [3.63, 3.8) is 0 Å². The van der Waals surface area contributed by atoms with Crippen molar-refractivity contribution in [2.75, 3.05) is 7.11 Å². The van der Waals surface area contributed by atoms with Crippen LogP contribution in [0.4, 0.5) is 5.69 Å². The zero-order valence-corrected chi connectivity index (χ0v) is 8.23. The van der Waals surface area contributed by atoms with Gasteiger partial charge in [0.15, 0.2) is 0 Å². The van der Waals surface area contributed by atoms with Crippen LogP contribution in [0.25, 0.3) is 10.4 Å². The molecular formula is C8H7N3O2S. The Labute approximate surface area is 85.7 Å². The SMILES string of the molecule is COC(=O)c1cc(S)cc(N=[N+]=[N-])c1. The topological polar surface area (TPSA) is 75.1 Å². The Bertz CT molecular complexity index is 413. The van der Waals surface area contributed by atoms with Gasteiger partial charge in [0.1, 0.15) is 0 Å². The molecule has 1 aromatic carbocycles. The van der Waals surface area contributed by atoms with Crippen LogP contribution in [-0.4, -0.2) is 13.1 Å². The second-order valence-corrected chi connectivity index (χ2v) is 2.94. The fourth-order valence-corrected chi connectivity index (χ4v) is 1.21. The predicted octanol–water partition coefficient (Wildman–Crippen LogP) is 2.70. The van der Waals surface area contributed by atoms with Crippen molar-refractivity contribution in [2.45, 2.75) is 4.90 Å². The van der Waals surface area contributed by atoms with E-state index in [1.54, 1.807) is 6.07 Å². The molecule has 0 atom stereocenters. The third-order valence-electron chi connectivity index (χ3n) is 1.48.